The number of amides is 4. The van der Waals surface area contributed by atoms with Crippen LogP contribution in [0.1, 0.15) is 72.1 Å². The Balaban J connectivity index is 0.000000281. The molecular formula is C43H53N9O9. The number of esters is 1. The zero-order valence-corrected chi connectivity index (χ0v) is 34.7. The quantitative estimate of drug-likeness (QED) is 0.0991. The number of aromatic nitrogens is 4. The highest BCUT2D eigenvalue weighted by atomic mass is 16.7. The Morgan fingerprint density at radius 1 is 0.918 bits per heavy atom. The normalized spacial score (nSPS) is 17.2. The van der Waals surface area contributed by atoms with Crippen molar-refractivity contribution < 1.29 is 43.3 Å². The van der Waals surface area contributed by atoms with Gasteiger partial charge in [0.05, 0.1) is 41.9 Å². The predicted octanol–water partition coefficient (Wildman–Crippen LogP) is 5.41. The molecule has 3 aliphatic heterocycles. The van der Waals surface area contributed by atoms with Crippen LogP contribution in [-0.4, -0.2) is 105 Å². The van der Waals surface area contributed by atoms with E-state index in [0.717, 1.165) is 44.0 Å². The number of carbonyl (C=O) groups excluding carboxylic acids is 5. The van der Waals surface area contributed by atoms with Gasteiger partial charge in [0, 0.05) is 51.0 Å². The van der Waals surface area contributed by atoms with Gasteiger partial charge in [-0.25, -0.2) is 9.48 Å². The molecule has 3 fully saturated rings. The minimum absolute atomic E-state index is 0.00554. The second-order valence-corrected chi connectivity index (χ2v) is 15.2. The number of anilines is 3. The third kappa shape index (κ3) is 12.3. The van der Waals surface area contributed by atoms with E-state index in [1.165, 1.54) is 36.9 Å². The lowest BCUT2D eigenvalue weighted by molar-refractivity contribution is -0.168. The number of phenols is 1. The molecule has 18 heteroatoms. The molecule has 0 bridgehead atoms. The Hall–Kier alpha value is -6.56. The molecule has 4 aliphatic rings. The van der Waals surface area contributed by atoms with E-state index >= 15 is 0 Å². The number of aromatic hydroxyl groups is 1. The first kappa shape index (κ1) is 44.0. The number of benzene rings is 2. The number of fused-ring (bicyclic) bond motifs is 1. The molecule has 1 aliphatic carbocycles. The molecule has 4 N–H and O–H groups in total. The number of nitrogens with one attached hydrogen (secondary N) is 3. The summed E-state index contributed by atoms with van der Waals surface area (Å²) in [6.07, 6.45) is 8.89. The van der Waals surface area contributed by atoms with Crippen LogP contribution in [0.5, 0.6) is 11.5 Å². The van der Waals surface area contributed by atoms with Crippen LogP contribution in [0.25, 0.3) is 16.9 Å². The van der Waals surface area contributed by atoms with Gasteiger partial charge < -0.3 is 29.5 Å². The molecule has 1 unspecified atom stereocenters. The summed E-state index contributed by atoms with van der Waals surface area (Å²) in [5.74, 6) is -0.182. The summed E-state index contributed by atoms with van der Waals surface area (Å²) in [6, 6.07) is 16.7. The minimum Gasteiger partial charge on any atom is -0.507 e. The van der Waals surface area contributed by atoms with Gasteiger partial charge >= 0.3 is 12.1 Å². The van der Waals surface area contributed by atoms with Gasteiger partial charge in [-0.15, -0.1) is 10.2 Å². The lowest BCUT2D eigenvalue weighted by Crippen LogP contribution is -2.54. The molecule has 0 spiro atoms. The molecule has 18 nitrogen and oxygen atoms in total. The van der Waals surface area contributed by atoms with Crippen LogP contribution in [0.4, 0.5) is 22.0 Å². The Bertz CT molecular complexity index is 2130. The van der Waals surface area contributed by atoms with Gasteiger partial charge in [-0.1, -0.05) is 57.4 Å². The summed E-state index contributed by atoms with van der Waals surface area (Å²) < 4.78 is 17.1. The van der Waals surface area contributed by atoms with Gasteiger partial charge in [-0.3, -0.25) is 34.7 Å². The zero-order chi connectivity index (χ0) is 43.3. The summed E-state index contributed by atoms with van der Waals surface area (Å²) in [6.45, 7) is 8.16. The first-order valence-corrected chi connectivity index (χ1v) is 20.7. The molecule has 2 aromatic carbocycles. The van der Waals surface area contributed by atoms with E-state index in [-0.39, 0.29) is 35.2 Å². The SMILES string of the molecule is CC(OC(=O)Nc1nnc(-c2ccccc2O)cc1-n1cc(N2CCN(C3CCCCC3)CC2=O)cn1)OC(=O)C(C)C.O=C1CCCC(=O)N1.c1ccc2c(c1)NCCO2. The molecule has 1 atom stereocenters. The van der Waals surface area contributed by atoms with Crippen LogP contribution in [-0.2, 0) is 28.7 Å². The van der Waals surface area contributed by atoms with Gasteiger partial charge in [-0.05, 0) is 49.6 Å². The molecule has 4 amide bonds. The number of ether oxygens (including phenoxy) is 3. The molecule has 0 radical (unpaired) electrons. The molecule has 2 saturated heterocycles. The molecule has 5 heterocycles. The van der Waals surface area contributed by atoms with Crippen LogP contribution >= 0.6 is 0 Å². The number of imide groups is 1. The van der Waals surface area contributed by atoms with Gasteiger partial charge in [-0.2, -0.15) is 5.10 Å². The van der Waals surface area contributed by atoms with E-state index in [1.54, 1.807) is 55.4 Å². The maximum atomic E-state index is 13.2. The lowest BCUT2D eigenvalue weighted by atomic mass is 9.94. The van der Waals surface area contributed by atoms with Gasteiger partial charge in [0.1, 0.15) is 23.8 Å². The number of piperazine rings is 1. The number of carbonyl (C=O) groups is 5. The minimum atomic E-state index is -1.14. The van der Waals surface area contributed by atoms with Gasteiger partial charge in [0.15, 0.2) is 5.82 Å². The van der Waals surface area contributed by atoms with Crippen LogP contribution in [0.15, 0.2) is 67.0 Å². The largest absolute Gasteiger partial charge is 0.507 e. The Morgan fingerprint density at radius 2 is 1.66 bits per heavy atom. The number of hydrogen-bond donors (Lipinski definition) is 4. The first-order chi connectivity index (χ1) is 29.4. The fourth-order valence-electron chi connectivity index (χ4n) is 7.15. The van der Waals surface area contributed by atoms with E-state index in [4.69, 9.17) is 14.2 Å². The lowest BCUT2D eigenvalue weighted by Gasteiger charge is -2.39. The topological polar surface area (TPSA) is 219 Å². The predicted molar refractivity (Wildman–Crippen MR) is 225 cm³/mol. The van der Waals surface area contributed by atoms with E-state index < -0.39 is 18.4 Å². The van der Waals surface area contributed by atoms with Crippen molar-refractivity contribution in [3.05, 3.63) is 67.0 Å². The maximum absolute atomic E-state index is 13.2. The van der Waals surface area contributed by atoms with E-state index in [0.29, 0.717) is 61.0 Å². The Morgan fingerprint density at radius 3 is 2.34 bits per heavy atom. The van der Waals surface area contributed by atoms with Crippen molar-refractivity contribution in [1.82, 2.24) is 30.2 Å². The zero-order valence-electron chi connectivity index (χ0n) is 34.7. The number of phenolic OH excluding ortho intramolecular Hbond substituents is 1. The molecule has 4 aromatic rings. The number of hydrogen-bond acceptors (Lipinski definition) is 14. The molecule has 2 aromatic heterocycles. The first-order valence-electron chi connectivity index (χ1n) is 20.7. The highest BCUT2D eigenvalue weighted by molar-refractivity contribution is 5.97. The van der Waals surface area contributed by atoms with Crippen molar-refractivity contribution in [3.63, 3.8) is 0 Å². The summed E-state index contributed by atoms with van der Waals surface area (Å²) in [4.78, 5) is 62.5. The monoisotopic (exact) mass is 839 g/mol. The average molecular weight is 840 g/mol. The molecule has 8 rings (SSSR count). The van der Waals surface area contributed by atoms with Crippen molar-refractivity contribution in [2.45, 2.75) is 84.5 Å². The van der Waals surface area contributed by atoms with Gasteiger partial charge in [0.25, 0.3) is 0 Å². The third-order valence-electron chi connectivity index (χ3n) is 10.3. The molecule has 324 valence electrons. The summed E-state index contributed by atoms with van der Waals surface area (Å²) in [5, 5.41) is 31.2. The van der Waals surface area contributed by atoms with E-state index in [2.05, 4.69) is 36.1 Å². The summed E-state index contributed by atoms with van der Waals surface area (Å²) in [5.41, 5.74) is 2.80. The summed E-state index contributed by atoms with van der Waals surface area (Å²) in [7, 11) is 0. The standard InChI is InChI=1S/C30H37N7O6.C8H9NO.C5H7NO2/c1-19(2)29(40)42-20(3)43-30(41)32-28-25(15-24(33-34-28)23-11-7-8-12-26(23)38)37-17-22(16-31-37)36-14-13-35(18-27(36)39)21-9-5-4-6-10-21;1-2-4-8-7(3-1)9-5-6-10-8;7-4-2-1-3-5(8)6-4/h7-8,11-12,15-17,19-21,38H,4-6,9-10,13-14,18H2,1-3H3,(H,32,34,41);1-4,9H,5-6H2;1-3H2,(H,6,7,8). The van der Waals surface area contributed by atoms with Crippen molar-refractivity contribution in [2.24, 2.45) is 5.92 Å². The molecule has 1 saturated carbocycles. The second kappa shape index (κ2) is 21.1. The average Bonchev–Trinajstić information content (AvgIpc) is 3.74. The van der Waals surface area contributed by atoms with Crippen LogP contribution < -0.4 is 25.6 Å². The third-order valence-corrected chi connectivity index (χ3v) is 10.3. The number of rotatable bonds is 8. The van der Waals surface area contributed by atoms with Crippen LogP contribution in [0.2, 0.25) is 0 Å². The molecular weight excluding hydrogens is 787 g/mol. The second-order valence-electron chi connectivity index (χ2n) is 15.2. The Labute approximate surface area is 353 Å². The van der Waals surface area contributed by atoms with Crippen molar-refractivity contribution >= 4 is 47.0 Å². The highest BCUT2D eigenvalue weighted by Crippen LogP contribution is 2.31. The van der Waals surface area contributed by atoms with E-state index in [1.807, 2.05) is 24.3 Å². The van der Waals surface area contributed by atoms with Crippen molar-refractivity contribution in [3.8, 4) is 28.4 Å². The number of nitrogens with zero attached hydrogens (tertiary/aromatic N) is 6. The molecule has 61 heavy (non-hydrogen) atoms. The fourth-order valence-corrected chi connectivity index (χ4v) is 7.15. The number of para-hydroxylation sites is 3. The van der Waals surface area contributed by atoms with Gasteiger partial charge in [0.2, 0.25) is 24.0 Å². The Kier molecular flexibility index (Phi) is 15.2. The smallest absolute Gasteiger partial charge is 0.416 e. The highest BCUT2D eigenvalue weighted by Gasteiger charge is 2.31. The van der Waals surface area contributed by atoms with E-state index in [9.17, 15) is 29.1 Å². The number of piperidine rings is 1. The fraction of sp³-hybridized carbons (Fsp3) is 0.442. The van der Waals surface area contributed by atoms with Crippen molar-refractivity contribution in [2.75, 3.05) is 48.3 Å². The van der Waals surface area contributed by atoms with Crippen LogP contribution in [0, 0.1) is 5.92 Å². The van der Waals surface area contributed by atoms with Crippen LogP contribution in [0.3, 0.4) is 0 Å². The van der Waals surface area contributed by atoms with Crippen molar-refractivity contribution in [1.29, 1.82) is 0 Å². The summed E-state index contributed by atoms with van der Waals surface area (Å²) >= 11 is 0. The maximum Gasteiger partial charge on any atom is 0.416 e.